The van der Waals surface area contributed by atoms with E-state index in [0.29, 0.717) is 6.61 Å². The molecule has 0 saturated carbocycles. The van der Waals surface area contributed by atoms with Gasteiger partial charge in [0.1, 0.15) is 5.41 Å². The maximum atomic E-state index is 12.8. The molecule has 1 aliphatic rings. The van der Waals surface area contributed by atoms with Gasteiger partial charge < -0.3 is 9.64 Å². The van der Waals surface area contributed by atoms with Gasteiger partial charge in [0.25, 0.3) is 0 Å². The van der Waals surface area contributed by atoms with Gasteiger partial charge in [0, 0.05) is 6.04 Å². The Labute approximate surface area is 145 Å². The molecule has 0 heterocycles. The largest absolute Gasteiger partial charge is 0.465 e. The number of halogens is 2. The Balaban J connectivity index is 0.00000220. The number of carbonyl (C=O) groups excluding carboxylic acids is 1. The smallest absolute Gasteiger partial charge is 0.318 e. The maximum Gasteiger partial charge on any atom is 0.318 e. The van der Waals surface area contributed by atoms with E-state index in [0.717, 1.165) is 18.4 Å². The molecule has 22 heavy (non-hydrogen) atoms. The molecule has 0 fully saturated rings. The van der Waals surface area contributed by atoms with E-state index in [9.17, 15) is 4.79 Å². The van der Waals surface area contributed by atoms with E-state index in [4.69, 9.17) is 4.74 Å². The summed E-state index contributed by atoms with van der Waals surface area (Å²) in [7, 11) is 4.02. The van der Waals surface area contributed by atoms with Gasteiger partial charge >= 0.3 is 5.97 Å². The Morgan fingerprint density at radius 3 is 2.45 bits per heavy atom. The second-order valence-corrected chi connectivity index (χ2v) is 5.43. The molecule has 0 radical (unpaired) electrons. The van der Waals surface area contributed by atoms with Gasteiger partial charge in [-0.25, -0.2) is 0 Å². The summed E-state index contributed by atoms with van der Waals surface area (Å²) in [5.41, 5.74) is 0.441. The Bertz CT molecular complexity index is 491. The minimum absolute atomic E-state index is 0. The highest BCUT2D eigenvalue weighted by molar-refractivity contribution is 5.86. The van der Waals surface area contributed by atoms with Crippen molar-refractivity contribution >= 4 is 30.8 Å². The lowest BCUT2D eigenvalue weighted by Gasteiger charge is -2.42. The lowest BCUT2D eigenvalue weighted by Crippen LogP contribution is -2.54. The fraction of sp³-hybridized carbons (Fsp3) is 0.471. The van der Waals surface area contributed by atoms with Crippen LogP contribution in [-0.2, 0) is 14.9 Å². The summed E-state index contributed by atoms with van der Waals surface area (Å²) in [6, 6.07) is 10.0. The van der Waals surface area contributed by atoms with Gasteiger partial charge in [0.15, 0.2) is 0 Å². The van der Waals surface area contributed by atoms with Crippen molar-refractivity contribution in [1.82, 2.24) is 4.90 Å². The summed E-state index contributed by atoms with van der Waals surface area (Å²) in [6.45, 7) is 2.28. The quantitative estimate of drug-likeness (QED) is 0.616. The van der Waals surface area contributed by atoms with Crippen molar-refractivity contribution in [2.45, 2.75) is 31.2 Å². The van der Waals surface area contributed by atoms with E-state index in [2.05, 4.69) is 17.1 Å². The first kappa shape index (κ1) is 21.0. The van der Waals surface area contributed by atoms with Crippen molar-refractivity contribution in [3.05, 3.63) is 48.0 Å². The standard InChI is InChI=1S/C17H23NO2.2ClH/c1-4-20-16(19)17(14-10-6-5-7-11-14)13-9-8-12-15(17)18(2)3;;/h5-8,10-12,15H,4,9,13H2,1-3H3;2*1H/t15-,17+;;/m1../s1. The summed E-state index contributed by atoms with van der Waals surface area (Å²) in [4.78, 5) is 14.8. The molecule has 0 unspecified atom stereocenters. The third kappa shape index (κ3) is 3.83. The average molecular weight is 346 g/mol. The lowest BCUT2D eigenvalue weighted by molar-refractivity contribution is -0.152. The van der Waals surface area contributed by atoms with Crippen molar-refractivity contribution in [3.63, 3.8) is 0 Å². The summed E-state index contributed by atoms with van der Waals surface area (Å²) >= 11 is 0. The molecule has 0 aliphatic heterocycles. The fourth-order valence-corrected chi connectivity index (χ4v) is 3.11. The summed E-state index contributed by atoms with van der Waals surface area (Å²) in [5, 5.41) is 0. The van der Waals surface area contributed by atoms with Crippen LogP contribution in [0.2, 0.25) is 0 Å². The highest BCUT2D eigenvalue weighted by atomic mass is 35.5. The molecule has 1 aliphatic carbocycles. The first-order chi connectivity index (χ1) is 9.63. The number of likely N-dealkylation sites (N-methyl/N-ethyl adjacent to an activating group) is 1. The van der Waals surface area contributed by atoms with Gasteiger partial charge in [-0.1, -0.05) is 42.5 Å². The van der Waals surface area contributed by atoms with Gasteiger partial charge in [-0.15, -0.1) is 24.8 Å². The Morgan fingerprint density at radius 2 is 1.91 bits per heavy atom. The molecule has 3 nitrogen and oxygen atoms in total. The van der Waals surface area contributed by atoms with Crippen LogP contribution >= 0.6 is 24.8 Å². The third-order valence-corrected chi connectivity index (χ3v) is 4.01. The number of allylic oxidation sites excluding steroid dienone is 1. The van der Waals surface area contributed by atoms with Crippen LogP contribution in [0, 0.1) is 0 Å². The predicted octanol–water partition coefficient (Wildman–Crippen LogP) is 3.61. The lowest BCUT2D eigenvalue weighted by atomic mass is 9.68. The number of hydrogen-bond acceptors (Lipinski definition) is 3. The van der Waals surface area contributed by atoms with Crippen molar-refractivity contribution in [2.75, 3.05) is 20.7 Å². The zero-order valence-electron chi connectivity index (χ0n) is 13.3. The minimum Gasteiger partial charge on any atom is -0.465 e. The maximum absolute atomic E-state index is 12.8. The van der Waals surface area contributed by atoms with Gasteiger partial charge in [-0.05, 0) is 39.4 Å². The molecular formula is C17H25Cl2NO2. The summed E-state index contributed by atoms with van der Waals surface area (Å²) < 4.78 is 5.42. The minimum atomic E-state index is -0.602. The SMILES string of the molecule is CCOC(=O)[C@]1(c2ccccc2)CCC=C[C@H]1N(C)C.Cl.Cl. The Hall–Kier alpha value is -1.03. The zero-order valence-corrected chi connectivity index (χ0v) is 15.0. The molecule has 0 bridgehead atoms. The molecule has 124 valence electrons. The summed E-state index contributed by atoms with van der Waals surface area (Å²) in [5.74, 6) is -0.116. The molecule has 0 aromatic heterocycles. The third-order valence-electron chi connectivity index (χ3n) is 4.01. The number of rotatable bonds is 4. The number of benzene rings is 1. The second kappa shape index (κ2) is 9.19. The van der Waals surface area contributed by atoms with E-state index < -0.39 is 5.41 Å². The summed E-state index contributed by atoms with van der Waals surface area (Å²) in [6.07, 6.45) is 5.98. The molecule has 5 heteroatoms. The molecule has 2 atom stereocenters. The number of nitrogens with zero attached hydrogens (tertiary/aromatic N) is 1. The van der Waals surface area contributed by atoms with E-state index in [1.54, 1.807) is 0 Å². The van der Waals surface area contributed by atoms with Crippen LogP contribution in [0.25, 0.3) is 0 Å². The number of carbonyl (C=O) groups is 1. The topological polar surface area (TPSA) is 29.5 Å². The molecule has 0 spiro atoms. The van der Waals surface area contributed by atoms with Crippen molar-refractivity contribution in [3.8, 4) is 0 Å². The normalized spacial score (nSPS) is 23.4. The number of esters is 1. The molecule has 1 aromatic rings. The van der Waals surface area contributed by atoms with Crippen molar-refractivity contribution in [1.29, 1.82) is 0 Å². The van der Waals surface area contributed by atoms with Crippen molar-refractivity contribution in [2.24, 2.45) is 0 Å². The number of hydrogen-bond donors (Lipinski definition) is 0. The monoisotopic (exact) mass is 345 g/mol. The van der Waals surface area contributed by atoms with Crippen LogP contribution in [0.5, 0.6) is 0 Å². The van der Waals surface area contributed by atoms with Crippen LogP contribution in [0.15, 0.2) is 42.5 Å². The zero-order chi connectivity index (χ0) is 14.6. The van der Waals surface area contributed by atoms with E-state index in [1.165, 1.54) is 0 Å². The second-order valence-electron chi connectivity index (χ2n) is 5.43. The fourth-order valence-electron chi connectivity index (χ4n) is 3.11. The average Bonchev–Trinajstić information content (AvgIpc) is 2.48. The molecule has 0 amide bonds. The highest BCUT2D eigenvalue weighted by Crippen LogP contribution is 2.40. The van der Waals surface area contributed by atoms with Gasteiger partial charge in [-0.2, -0.15) is 0 Å². The van der Waals surface area contributed by atoms with E-state index >= 15 is 0 Å². The molecular weight excluding hydrogens is 321 g/mol. The van der Waals surface area contributed by atoms with Crippen LogP contribution in [0.3, 0.4) is 0 Å². The van der Waals surface area contributed by atoms with Crippen LogP contribution < -0.4 is 0 Å². The first-order valence-electron chi connectivity index (χ1n) is 7.18. The predicted molar refractivity (Wildman–Crippen MR) is 95.1 cm³/mol. The van der Waals surface area contributed by atoms with E-state index in [1.807, 2.05) is 51.4 Å². The first-order valence-corrected chi connectivity index (χ1v) is 7.18. The van der Waals surface area contributed by atoms with Crippen LogP contribution in [0.4, 0.5) is 0 Å². The Kier molecular flexibility index (Phi) is 8.76. The van der Waals surface area contributed by atoms with Gasteiger partial charge in [-0.3, -0.25) is 4.79 Å². The molecule has 0 saturated heterocycles. The van der Waals surface area contributed by atoms with Gasteiger partial charge in [0.2, 0.25) is 0 Å². The highest BCUT2D eigenvalue weighted by Gasteiger charge is 2.49. The molecule has 2 rings (SSSR count). The molecule has 0 N–H and O–H groups in total. The van der Waals surface area contributed by atoms with Crippen LogP contribution in [0.1, 0.15) is 25.3 Å². The number of ether oxygens (including phenoxy) is 1. The van der Waals surface area contributed by atoms with Crippen molar-refractivity contribution < 1.29 is 9.53 Å². The van der Waals surface area contributed by atoms with Gasteiger partial charge in [0.05, 0.1) is 6.61 Å². The van der Waals surface area contributed by atoms with E-state index in [-0.39, 0.29) is 36.8 Å². The van der Waals surface area contributed by atoms with Crippen LogP contribution in [-0.4, -0.2) is 37.6 Å². The Morgan fingerprint density at radius 1 is 1.27 bits per heavy atom. The molecule has 1 aromatic carbocycles.